The van der Waals surface area contributed by atoms with Gasteiger partial charge in [-0.3, -0.25) is 10.1 Å². The zero-order valence-electron chi connectivity index (χ0n) is 9.71. The lowest BCUT2D eigenvalue weighted by Crippen LogP contribution is -1.93. The lowest BCUT2D eigenvalue weighted by Gasteiger charge is -2.03. The van der Waals surface area contributed by atoms with Gasteiger partial charge in [-0.05, 0) is 17.5 Å². The molecule has 100 valence electrons. The maximum absolute atomic E-state index is 10.8. The summed E-state index contributed by atoms with van der Waals surface area (Å²) in [6.45, 7) is 0. The Morgan fingerprint density at radius 3 is 2.65 bits per heavy atom. The molecule has 0 bridgehead atoms. The molecule has 8 heteroatoms. The van der Waals surface area contributed by atoms with Crippen LogP contribution in [0.25, 0.3) is 21.6 Å². The molecule has 0 radical (unpaired) electrons. The topological polar surface area (TPSA) is 68.9 Å². The molecule has 20 heavy (non-hydrogen) atoms. The molecule has 0 spiro atoms. The Hall–Kier alpha value is -1.76. The number of non-ortho nitro benzene ring substituents is 1. The predicted molar refractivity (Wildman–Crippen MR) is 79.5 cm³/mol. The summed E-state index contributed by atoms with van der Waals surface area (Å²) in [6.07, 6.45) is 0. The number of thiophene rings is 1. The minimum absolute atomic E-state index is 0.0458. The smallest absolute Gasteiger partial charge is 0.258 e. The van der Waals surface area contributed by atoms with Crippen molar-refractivity contribution >= 4 is 51.1 Å². The number of nitro benzene ring substituents is 1. The fourth-order valence-electron chi connectivity index (χ4n) is 1.75. The molecule has 0 N–H and O–H groups in total. The zero-order chi connectivity index (χ0) is 14.3. The molecule has 0 saturated heterocycles. The molecule has 2 aromatic heterocycles. The zero-order valence-corrected chi connectivity index (χ0v) is 12.0. The van der Waals surface area contributed by atoms with E-state index in [1.54, 1.807) is 6.07 Å². The van der Waals surface area contributed by atoms with Crippen LogP contribution in [0.15, 0.2) is 29.6 Å². The van der Waals surface area contributed by atoms with E-state index in [0.29, 0.717) is 26.6 Å². The van der Waals surface area contributed by atoms with Crippen molar-refractivity contribution < 1.29 is 4.92 Å². The number of aromatic nitrogens is 2. The highest BCUT2D eigenvalue weighted by atomic mass is 35.5. The van der Waals surface area contributed by atoms with Gasteiger partial charge in [0.15, 0.2) is 5.82 Å². The second kappa shape index (κ2) is 4.97. The number of hydrogen-bond acceptors (Lipinski definition) is 5. The molecule has 0 fully saturated rings. The van der Waals surface area contributed by atoms with E-state index in [0.717, 1.165) is 0 Å². The fourth-order valence-corrected chi connectivity index (χ4v) is 3.06. The molecule has 0 unspecified atom stereocenters. The van der Waals surface area contributed by atoms with Gasteiger partial charge in [-0.15, -0.1) is 11.3 Å². The number of benzene rings is 1. The maximum atomic E-state index is 10.8. The molecule has 3 aromatic rings. The van der Waals surface area contributed by atoms with Gasteiger partial charge in [0.2, 0.25) is 0 Å². The average molecular weight is 326 g/mol. The van der Waals surface area contributed by atoms with Gasteiger partial charge >= 0.3 is 0 Å². The van der Waals surface area contributed by atoms with Gasteiger partial charge in [-0.25, -0.2) is 9.97 Å². The third-order valence-electron chi connectivity index (χ3n) is 2.67. The number of hydrogen-bond donors (Lipinski definition) is 0. The first kappa shape index (κ1) is 13.2. The minimum atomic E-state index is -0.479. The second-order valence-electron chi connectivity index (χ2n) is 3.89. The summed E-state index contributed by atoms with van der Waals surface area (Å²) in [5.41, 5.74) is 0.370. The van der Waals surface area contributed by atoms with Crippen molar-refractivity contribution in [1.82, 2.24) is 9.97 Å². The number of halogens is 2. The van der Waals surface area contributed by atoms with E-state index in [9.17, 15) is 10.1 Å². The predicted octanol–water partition coefficient (Wildman–Crippen LogP) is 4.57. The highest BCUT2D eigenvalue weighted by Crippen LogP contribution is 2.33. The van der Waals surface area contributed by atoms with Crippen LogP contribution in [0.1, 0.15) is 0 Å². The Bertz CT molecular complexity index is 835. The summed E-state index contributed by atoms with van der Waals surface area (Å²) >= 11 is 13.5. The fraction of sp³-hybridized carbons (Fsp3) is 0. The Balaban J connectivity index is 2.26. The van der Waals surface area contributed by atoms with E-state index >= 15 is 0 Å². The molecular formula is C12H5Cl2N3O2S. The van der Waals surface area contributed by atoms with Crippen molar-refractivity contribution in [3.63, 3.8) is 0 Å². The molecular weight excluding hydrogens is 321 g/mol. The third kappa shape index (κ3) is 2.22. The standard InChI is InChI=1S/C12H5Cl2N3O2S/c13-8-3-4-20-10(8)12-15-9-5-6(17(18)19)1-2-7(9)11(14)16-12/h1-5H. The molecule has 1 aromatic carbocycles. The SMILES string of the molecule is O=[N+]([O-])c1ccc2c(Cl)nc(-c3sccc3Cl)nc2c1. The summed E-state index contributed by atoms with van der Waals surface area (Å²) < 4.78 is 0. The van der Waals surface area contributed by atoms with Crippen LogP contribution in [0.2, 0.25) is 10.2 Å². The monoisotopic (exact) mass is 325 g/mol. The molecule has 0 atom stereocenters. The molecule has 0 aliphatic carbocycles. The third-order valence-corrected chi connectivity index (χ3v) is 4.29. The van der Waals surface area contributed by atoms with Gasteiger partial charge in [-0.1, -0.05) is 23.2 Å². The van der Waals surface area contributed by atoms with E-state index in [2.05, 4.69) is 9.97 Å². The van der Waals surface area contributed by atoms with E-state index < -0.39 is 4.92 Å². The van der Waals surface area contributed by atoms with Crippen molar-refractivity contribution in [2.24, 2.45) is 0 Å². The minimum Gasteiger partial charge on any atom is -0.258 e. The van der Waals surface area contributed by atoms with Gasteiger partial charge in [0.1, 0.15) is 5.15 Å². The number of nitro groups is 1. The van der Waals surface area contributed by atoms with E-state index in [1.807, 2.05) is 5.38 Å². The first-order chi connectivity index (χ1) is 9.56. The first-order valence-corrected chi connectivity index (χ1v) is 7.05. The van der Waals surface area contributed by atoms with Gasteiger partial charge < -0.3 is 0 Å². The van der Waals surface area contributed by atoms with E-state index in [4.69, 9.17) is 23.2 Å². The molecule has 5 nitrogen and oxygen atoms in total. The molecule has 2 heterocycles. The van der Waals surface area contributed by atoms with Crippen molar-refractivity contribution in [2.45, 2.75) is 0 Å². The van der Waals surface area contributed by atoms with E-state index in [1.165, 1.54) is 29.5 Å². The highest BCUT2D eigenvalue weighted by Gasteiger charge is 2.14. The Morgan fingerprint density at radius 1 is 1.20 bits per heavy atom. The van der Waals surface area contributed by atoms with Crippen LogP contribution in [-0.2, 0) is 0 Å². The van der Waals surface area contributed by atoms with Crippen molar-refractivity contribution in [1.29, 1.82) is 0 Å². The van der Waals surface area contributed by atoms with Crippen LogP contribution in [0.5, 0.6) is 0 Å². The number of fused-ring (bicyclic) bond motifs is 1. The van der Waals surface area contributed by atoms with Crippen LogP contribution in [0.3, 0.4) is 0 Å². The molecule has 0 aliphatic rings. The molecule has 0 amide bonds. The van der Waals surface area contributed by atoms with Crippen molar-refractivity contribution in [2.75, 3.05) is 0 Å². The summed E-state index contributed by atoms with van der Waals surface area (Å²) in [4.78, 5) is 19.5. The van der Waals surface area contributed by atoms with Crippen molar-refractivity contribution in [3.05, 3.63) is 49.9 Å². The summed E-state index contributed by atoms with van der Waals surface area (Å²) in [6, 6.07) is 6.01. The molecule has 3 rings (SSSR count). The summed E-state index contributed by atoms with van der Waals surface area (Å²) in [7, 11) is 0. The van der Waals surface area contributed by atoms with Gasteiger partial charge in [0.25, 0.3) is 5.69 Å². The Kier molecular flexibility index (Phi) is 3.29. The molecule has 0 aliphatic heterocycles. The second-order valence-corrected chi connectivity index (χ2v) is 5.58. The van der Waals surface area contributed by atoms with Crippen LogP contribution >= 0.6 is 34.5 Å². The number of rotatable bonds is 2. The van der Waals surface area contributed by atoms with Crippen molar-refractivity contribution in [3.8, 4) is 10.7 Å². The first-order valence-electron chi connectivity index (χ1n) is 5.41. The lowest BCUT2D eigenvalue weighted by atomic mass is 10.2. The largest absolute Gasteiger partial charge is 0.271 e. The quantitative estimate of drug-likeness (QED) is 0.393. The Morgan fingerprint density at radius 2 is 2.00 bits per heavy atom. The molecule has 0 saturated carbocycles. The van der Waals surface area contributed by atoms with Gasteiger partial charge in [0.05, 0.1) is 20.3 Å². The van der Waals surface area contributed by atoms with Crippen LogP contribution in [-0.4, -0.2) is 14.9 Å². The van der Waals surface area contributed by atoms with Crippen LogP contribution in [0.4, 0.5) is 5.69 Å². The maximum Gasteiger partial charge on any atom is 0.271 e. The number of nitrogens with zero attached hydrogens (tertiary/aromatic N) is 3. The summed E-state index contributed by atoms with van der Waals surface area (Å²) in [5.74, 6) is 0.364. The van der Waals surface area contributed by atoms with E-state index in [-0.39, 0.29) is 10.8 Å². The van der Waals surface area contributed by atoms with Gasteiger partial charge in [0, 0.05) is 17.5 Å². The van der Waals surface area contributed by atoms with Gasteiger partial charge in [-0.2, -0.15) is 0 Å². The summed E-state index contributed by atoms with van der Waals surface area (Å²) in [5, 5.41) is 13.9. The average Bonchev–Trinajstić information content (AvgIpc) is 2.84. The Labute approximate surface area is 127 Å². The normalized spacial score (nSPS) is 10.9. The lowest BCUT2D eigenvalue weighted by molar-refractivity contribution is -0.384. The highest BCUT2D eigenvalue weighted by molar-refractivity contribution is 7.14. The van der Waals surface area contributed by atoms with Crippen LogP contribution in [0, 0.1) is 10.1 Å². The van der Waals surface area contributed by atoms with Crippen LogP contribution < -0.4 is 0 Å².